The monoisotopic (exact) mass is 229 g/mol. The lowest BCUT2D eigenvalue weighted by Gasteiger charge is -2.31. The normalized spacial score (nSPS) is 12.8. The van der Waals surface area contributed by atoms with Crippen molar-refractivity contribution in [2.45, 2.75) is 46.6 Å². The average molecular weight is 229 g/mol. The number of rotatable bonds is 8. The highest BCUT2D eigenvalue weighted by Gasteiger charge is 2.11. The maximum Gasteiger partial charge on any atom is 0.137 e. The van der Waals surface area contributed by atoms with E-state index in [1.54, 1.807) is 0 Å². The summed E-state index contributed by atoms with van der Waals surface area (Å²) in [4.78, 5) is 14.5. The Morgan fingerprint density at radius 3 is 2.12 bits per heavy atom. The van der Waals surface area contributed by atoms with Crippen molar-refractivity contribution in [1.82, 2.24) is 9.80 Å². The second-order valence-electron chi connectivity index (χ2n) is 4.07. The zero-order valence-electron chi connectivity index (χ0n) is 11.0. The molecule has 0 radical (unpaired) electrons. The summed E-state index contributed by atoms with van der Waals surface area (Å²) in [6.07, 6.45) is 0.878. The number of hydrogen-bond donors (Lipinski definition) is 0. The van der Waals surface area contributed by atoms with Gasteiger partial charge in [0.25, 0.3) is 0 Å². The van der Waals surface area contributed by atoms with Crippen LogP contribution in [0, 0.1) is 0 Å². The molecular weight excluding hydrogens is 204 g/mol. The lowest BCUT2D eigenvalue weighted by molar-refractivity contribution is -0.267. The van der Waals surface area contributed by atoms with Gasteiger partial charge in [0.2, 0.25) is 0 Å². The van der Waals surface area contributed by atoms with Gasteiger partial charge in [0.15, 0.2) is 0 Å². The molecule has 0 fully saturated rings. The first-order valence-electron chi connectivity index (χ1n) is 6.26. The predicted molar refractivity (Wildman–Crippen MR) is 64.3 cm³/mol. The second-order valence-corrected chi connectivity index (χ2v) is 4.07. The summed E-state index contributed by atoms with van der Waals surface area (Å²) in [5.41, 5.74) is 0. The van der Waals surface area contributed by atoms with E-state index in [1.807, 2.05) is 13.8 Å². The Morgan fingerprint density at radius 2 is 1.75 bits per heavy atom. The van der Waals surface area contributed by atoms with Gasteiger partial charge >= 0.3 is 0 Å². The van der Waals surface area contributed by atoms with Crippen LogP contribution in [0.2, 0.25) is 0 Å². The van der Waals surface area contributed by atoms with Crippen LogP contribution in [0.4, 0.5) is 4.79 Å². The van der Waals surface area contributed by atoms with Crippen LogP contribution in [0.3, 0.4) is 0 Å². The minimum Gasteiger partial charge on any atom is -0.530 e. The van der Waals surface area contributed by atoms with Crippen molar-refractivity contribution >= 4 is 6.09 Å². The third kappa shape index (κ3) is 5.35. The molecule has 0 spiro atoms. The topological polar surface area (TPSA) is 46.6 Å². The Kier molecular flexibility index (Phi) is 7.99. The van der Waals surface area contributed by atoms with Crippen molar-refractivity contribution in [3.8, 4) is 0 Å². The molecule has 0 aliphatic heterocycles. The first kappa shape index (κ1) is 15.2. The number of carbonyl (C=O) groups excluding carboxylic acids is 1. The van der Waals surface area contributed by atoms with Crippen molar-refractivity contribution in [3.05, 3.63) is 0 Å². The number of amides is 1. The molecule has 0 aliphatic rings. The van der Waals surface area contributed by atoms with E-state index in [-0.39, 0.29) is 6.04 Å². The van der Waals surface area contributed by atoms with E-state index in [9.17, 15) is 9.90 Å². The van der Waals surface area contributed by atoms with Crippen LogP contribution in [-0.4, -0.2) is 48.1 Å². The Balaban J connectivity index is 3.87. The molecule has 0 aromatic heterocycles. The van der Waals surface area contributed by atoms with Gasteiger partial charge in [-0.15, -0.1) is 0 Å². The van der Waals surface area contributed by atoms with Crippen molar-refractivity contribution in [2.24, 2.45) is 0 Å². The summed E-state index contributed by atoms with van der Waals surface area (Å²) in [6.45, 7) is 11.7. The second kappa shape index (κ2) is 8.39. The first-order valence-corrected chi connectivity index (χ1v) is 6.26. The molecule has 0 saturated carbocycles. The number of carbonyl (C=O) groups is 1. The highest BCUT2D eigenvalue weighted by atomic mass is 16.4. The van der Waals surface area contributed by atoms with Crippen LogP contribution in [0.1, 0.15) is 40.5 Å². The zero-order chi connectivity index (χ0) is 12.6. The first-order chi connectivity index (χ1) is 7.56. The maximum absolute atomic E-state index is 10.8. The zero-order valence-corrected chi connectivity index (χ0v) is 11.0. The van der Waals surface area contributed by atoms with Crippen molar-refractivity contribution < 1.29 is 9.90 Å². The Bertz CT molecular complexity index is 193. The largest absolute Gasteiger partial charge is 0.530 e. The lowest BCUT2D eigenvalue weighted by Crippen LogP contribution is -2.46. The highest BCUT2D eigenvalue weighted by molar-refractivity contribution is 5.62. The summed E-state index contributed by atoms with van der Waals surface area (Å²) < 4.78 is 0. The molecule has 0 aliphatic carbocycles. The molecule has 0 aromatic rings. The number of carboxylic acid groups (broad SMARTS) is 1. The molecular formula is C12H25N2O2-. The van der Waals surface area contributed by atoms with Crippen LogP contribution in [0.15, 0.2) is 0 Å². The molecule has 0 heterocycles. The van der Waals surface area contributed by atoms with Crippen molar-refractivity contribution in [3.63, 3.8) is 0 Å². The van der Waals surface area contributed by atoms with E-state index < -0.39 is 6.09 Å². The van der Waals surface area contributed by atoms with Gasteiger partial charge in [-0.3, -0.25) is 0 Å². The van der Waals surface area contributed by atoms with Crippen LogP contribution in [0.5, 0.6) is 0 Å². The van der Waals surface area contributed by atoms with Crippen LogP contribution < -0.4 is 5.11 Å². The fourth-order valence-electron chi connectivity index (χ4n) is 1.93. The minimum absolute atomic E-state index is 0.0607. The number of hydrogen-bond acceptors (Lipinski definition) is 3. The highest BCUT2D eigenvalue weighted by Crippen LogP contribution is 2.06. The fourth-order valence-corrected chi connectivity index (χ4v) is 1.93. The third-order valence-electron chi connectivity index (χ3n) is 3.10. The molecule has 0 bridgehead atoms. The van der Waals surface area contributed by atoms with E-state index in [4.69, 9.17) is 0 Å². The molecule has 0 saturated heterocycles. The quantitative estimate of drug-likeness (QED) is 0.627. The molecule has 4 heteroatoms. The molecule has 0 N–H and O–H groups in total. The van der Waals surface area contributed by atoms with E-state index in [0.29, 0.717) is 6.54 Å². The third-order valence-corrected chi connectivity index (χ3v) is 3.10. The maximum atomic E-state index is 10.8. The van der Waals surface area contributed by atoms with Gasteiger partial charge in [-0.25, -0.2) is 0 Å². The van der Waals surface area contributed by atoms with E-state index in [0.717, 1.165) is 32.5 Å². The summed E-state index contributed by atoms with van der Waals surface area (Å²) in [5.74, 6) is 0. The van der Waals surface area contributed by atoms with E-state index in [1.165, 1.54) is 4.90 Å². The summed E-state index contributed by atoms with van der Waals surface area (Å²) in [5, 5.41) is 10.8. The molecule has 1 amide bonds. The summed E-state index contributed by atoms with van der Waals surface area (Å²) in [6, 6.07) is 0.0607. The van der Waals surface area contributed by atoms with E-state index >= 15 is 0 Å². The molecule has 0 aromatic carbocycles. The van der Waals surface area contributed by atoms with Crippen LogP contribution in [0.25, 0.3) is 0 Å². The SMILES string of the molecule is CCN(CC)CCCC(C)N(CC)C(=O)[O-]. The van der Waals surface area contributed by atoms with Crippen LogP contribution in [-0.2, 0) is 0 Å². The summed E-state index contributed by atoms with van der Waals surface area (Å²) >= 11 is 0. The smallest absolute Gasteiger partial charge is 0.137 e. The van der Waals surface area contributed by atoms with Gasteiger partial charge in [0.05, 0.1) is 0 Å². The van der Waals surface area contributed by atoms with Gasteiger partial charge in [-0.1, -0.05) is 13.8 Å². The molecule has 96 valence electrons. The molecule has 4 nitrogen and oxygen atoms in total. The van der Waals surface area contributed by atoms with Crippen LogP contribution >= 0.6 is 0 Å². The molecule has 16 heavy (non-hydrogen) atoms. The number of nitrogens with zero attached hydrogens (tertiary/aromatic N) is 2. The van der Waals surface area contributed by atoms with Gasteiger partial charge in [0, 0.05) is 12.6 Å². The molecule has 1 unspecified atom stereocenters. The minimum atomic E-state index is -1.06. The lowest BCUT2D eigenvalue weighted by atomic mass is 10.1. The Morgan fingerprint density at radius 1 is 1.19 bits per heavy atom. The van der Waals surface area contributed by atoms with Gasteiger partial charge < -0.3 is 19.7 Å². The van der Waals surface area contributed by atoms with Gasteiger partial charge in [-0.2, -0.15) is 0 Å². The van der Waals surface area contributed by atoms with Crippen molar-refractivity contribution in [2.75, 3.05) is 26.2 Å². The molecule has 0 rings (SSSR count). The summed E-state index contributed by atoms with van der Waals surface area (Å²) in [7, 11) is 0. The Hall–Kier alpha value is -0.770. The van der Waals surface area contributed by atoms with Gasteiger partial charge in [0.1, 0.15) is 6.09 Å². The predicted octanol–water partition coefficient (Wildman–Crippen LogP) is 1.16. The molecule has 1 atom stereocenters. The fraction of sp³-hybridized carbons (Fsp3) is 0.917. The average Bonchev–Trinajstić information content (AvgIpc) is 2.25. The van der Waals surface area contributed by atoms with Crippen molar-refractivity contribution in [1.29, 1.82) is 0 Å². The Labute approximate surface area is 99.2 Å². The standard InChI is InChI=1S/C12H26N2O2/c1-5-13(6-2)10-8-9-11(4)14(7-3)12(15)16/h11H,5-10H2,1-4H3,(H,15,16)/p-1. The van der Waals surface area contributed by atoms with Gasteiger partial charge in [-0.05, 0) is 46.3 Å². The van der Waals surface area contributed by atoms with E-state index in [2.05, 4.69) is 18.7 Å².